The number of rotatable bonds is 8. The van der Waals surface area contributed by atoms with E-state index in [2.05, 4.69) is 0 Å². The molecule has 0 saturated heterocycles. The topological polar surface area (TPSA) is 95.6 Å². The summed E-state index contributed by atoms with van der Waals surface area (Å²) in [6.07, 6.45) is 3.29. The first-order valence-corrected chi connectivity index (χ1v) is 12.0. The molecule has 37 heavy (non-hydrogen) atoms. The summed E-state index contributed by atoms with van der Waals surface area (Å²) in [6.45, 7) is -0.502. The molecule has 0 amide bonds. The van der Waals surface area contributed by atoms with Gasteiger partial charge in [-0.1, -0.05) is 78.9 Å². The first-order chi connectivity index (χ1) is 17.6. The molecule has 4 aromatic rings. The van der Waals surface area contributed by atoms with Gasteiger partial charge in [0, 0.05) is 16.7 Å². The van der Waals surface area contributed by atoms with Crippen molar-refractivity contribution in [3.8, 4) is 28.3 Å². The SMILES string of the molecule is O=C([O-])COc1cccc(C[C@@H]2C[C@@H](O)CC=C2c2nc(-c3ccccc3)c(-c3ccccc3)o2)c1.[Na+]. The largest absolute Gasteiger partial charge is 1.00 e. The third-order valence-corrected chi connectivity index (χ3v) is 6.30. The van der Waals surface area contributed by atoms with Gasteiger partial charge in [0.25, 0.3) is 0 Å². The Labute approximate surface area is 237 Å². The Morgan fingerprint density at radius 3 is 2.41 bits per heavy atom. The predicted octanol–water partition coefficient (Wildman–Crippen LogP) is 1.54. The van der Waals surface area contributed by atoms with Crippen molar-refractivity contribution in [2.24, 2.45) is 5.92 Å². The van der Waals surface area contributed by atoms with Crippen molar-refractivity contribution in [1.29, 1.82) is 0 Å². The molecule has 0 radical (unpaired) electrons. The molecule has 1 aromatic heterocycles. The summed E-state index contributed by atoms with van der Waals surface area (Å²) >= 11 is 0. The van der Waals surface area contributed by atoms with E-state index in [-0.39, 0.29) is 35.5 Å². The number of aliphatic hydroxyl groups excluding tert-OH is 1. The number of ether oxygens (including phenoxy) is 1. The number of nitrogens with zero attached hydrogens (tertiary/aromatic N) is 1. The monoisotopic (exact) mass is 503 g/mol. The second-order valence-electron chi connectivity index (χ2n) is 8.92. The fourth-order valence-corrected chi connectivity index (χ4v) is 4.65. The van der Waals surface area contributed by atoms with Gasteiger partial charge in [-0.15, -0.1) is 0 Å². The molecule has 182 valence electrons. The first-order valence-electron chi connectivity index (χ1n) is 12.0. The van der Waals surface area contributed by atoms with Crippen LogP contribution in [0.5, 0.6) is 5.75 Å². The van der Waals surface area contributed by atoms with E-state index in [0.29, 0.717) is 36.7 Å². The van der Waals surface area contributed by atoms with Crippen LogP contribution in [0.15, 0.2) is 95.4 Å². The zero-order chi connectivity index (χ0) is 24.9. The first kappa shape index (κ1) is 26.9. The summed E-state index contributed by atoms with van der Waals surface area (Å²) in [5, 5.41) is 21.2. The molecule has 1 N–H and O–H groups in total. The molecule has 5 rings (SSSR count). The molecule has 0 bridgehead atoms. The molecular weight excluding hydrogens is 477 g/mol. The molecule has 6 nitrogen and oxygen atoms in total. The van der Waals surface area contributed by atoms with E-state index in [0.717, 1.165) is 28.0 Å². The van der Waals surface area contributed by atoms with Gasteiger partial charge in [-0.05, 0) is 42.9 Å². The number of aromatic nitrogens is 1. The van der Waals surface area contributed by atoms with Crippen LogP contribution < -0.4 is 39.4 Å². The number of hydrogen-bond donors (Lipinski definition) is 1. The Kier molecular flexibility index (Phi) is 9.00. The van der Waals surface area contributed by atoms with E-state index < -0.39 is 18.7 Å². The number of carbonyl (C=O) groups is 1. The number of allylic oxidation sites excluding steroid dienone is 1. The van der Waals surface area contributed by atoms with Crippen LogP contribution in [-0.2, 0) is 11.2 Å². The van der Waals surface area contributed by atoms with E-state index in [1.165, 1.54) is 0 Å². The normalized spacial score (nSPS) is 16.9. The minimum absolute atomic E-state index is 0. The number of carboxylic acids is 1. The van der Waals surface area contributed by atoms with Gasteiger partial charge < -0.3 is 24.2 Å². The van der Waals surface area contributed by atoms with Crippen LogP contribution in [0.25, 0.3) is 28.2 Å². The molecule has 0 saturated carbocycles. The van der Waals surface area contributed by atoms with Crippen molar-refractivity contribution >= 4 is 11.5 Å². The molecule has 1 aliphatic rings. The summed E-state index contributed by atoms with van der Waals surface area (Å²) in [5.74, 6) is 0.422. The van der Waals surface area contributed by atoms with Gasteiger partial charge in [0.15, 0.2) is 5.76 Å². The summed E-state index contributed by atoms with van der Waals surface area (Å²) < 4.78 is 11.7. The number of hydrogen-bond acceptors (Lipinski definition) is 6. The third-order valence-electron chi connectivity index (χ3n) is 6.30. The fraction of sp³-hybridized carbons (Fsp3) is 0.200. The van der Waals surface area contributed by atoms with Gasteiger partial charge in [-0.25, -0.2) is 4.98 Å². The number of benzene rings is 3. The van der Waals surface area contributed by atoms with Crippen LogP contribution >= 0.6 is 0 Å². The Bertz CT molecular complexity index is 1310. The molecule has 2 atom stereocenters. The van der Waals surface area contributed by atoms with Crippen molar-refractivity contribution < 1.29 is 53.7 Å². The second kappa shape index (κ2) is 12.4. The van der Waals surface area contributed by atoms with Gasteiger partial charge in [0.1, 0.15) is 18.1 Å². The van der Waals surface area contributed by atoms with Crippen LogP contribution in [0.4, 0.5) is 0 Å². The fourth-order valence-electron chi connectivity index (χ4n) is 4.65. The van der Waals surface area contributed by atoms with E-state index in [4.69, 9.17) is 14.1 Å². The molecule has 0 spiro atoms. The third kappa shape index (κ3) is 6.59. The van der Waals surface area contributed by atoms with Gasteiger partial charge >= 0.3 is 29.6 Å². The minimum Gasteiger partial charge on any atom is -0.546 e. The van der Waals surface area contributed by atoms with E-state index in [1.54, 1.807) is 6.07 Å². The number of carbonyl (C=O) groups excluding carboxylic acids is 1. The molecule has 1 aliphatic carbocycles. The molecule has 0 unspecified atom stereocenters. The maximum absolute atomic E-state index is 10.8. The van der Waals surface area contributed by atoms with Gasteiger partial charge in [0.05, 0.1) is 12.1 Å². The summed E-state index contributed by atoms with van der Waals surface area (Å²) in [7, 11) is 0. The van der Waals surface area contributed by atoms with Crippen LogP contribution in [0.2, 0.25) is 0 Å². The van der Waals surface area contributed by atoms with E-state index >= 15 is 0 Å². The maximum Gasteiger partial charge on any atom is 1.00 e. The van der Waals surface area contributed by atoms with E-state index in [1.807, 2.05) is 84.9 Å². The molecule has 0 aliphatic heterocycles. The maximum atomic E-state index is 10.8. The van der Waals surface area contributed by atoms with Crippen LogP contribution in [-0.4, -0.2) is 28.8 Å². The van der Waals surface area contributed by atoms with Crippen molar-refractivity contribution in [2.75, 3.05) is 6.61 Å². The quantitative estimate of drug-likeness (QED) is 0.367. The Morgan fingerprint density at radius 1 is 1.00 bits per heavy atom. The second-order valence-corrected chi connectivity index (χ2v) is 8.92. The predicted molar refractivity (Wildman–Crippen MR) is 135 cm³/mol. The zero-order valence-corrected chi connectivity index (χ0v) is 22.7. The van der Waals surface area contributed by atoms with Gasteiger partial charge in [-0.2, -0.15) is 0 Å². The number of oxazole rings is 1. The smallest absolute Gasteiger partial charge is 0.546 e. The average Bonchev–Trinajstić information content (AvgIpc) is 3.34. The van der Waals surface area contributed by atoms with Gasteiger partial charge in [0.2, 0.25) is 5.89 Å². The van der Waals surface area contributed by atoms with Gasteiger partial charge in [-0.3, -0.25) is 0 Å². The van der Waals surface area contributed by atoms with Crippen LogP contribution in [0, 0.1) is 5.92 Å². The van der Waals surface area contributed by atoms with Crippen LogP contribution in [0.3, 0.4) is 0 Å². The Hall–Kier alpha value is -3.16. The van der Waals surface area contributed by atoms with Crippen molar-refractivity contribution in [2.45, 2.75) is 25.4 Å². The Balaban J connectivity index is 0.00000320. The molecule has 3 aromatic carbocycles. The van der Waals surface area contributed by atoms with Crippen molar-refractivity contribution in [1.82, 2.24) is 4.98 Å². The zero-order valence-electron chi connectivity index (χ0n) is 20.7. The Morgan fingerprint density at radius 2 is 1.70 bits per heavy atom. The summed E-state index contributed by atoms with van der Waals surface area (Å²) in [5.41, 5.74) is 4.62. The average molecular weight is 504 g/mol. The van der Waals surface area contributed by atoms with Crippen LogP contribution in [0.1, 0.15) is 24.3 Å². The molecular formula is C30H26NNaO5. The standard InChI is InChI=1S/C30H27NO5.Na/c32-24-14-15-26(23(18-24)16-20-8-7-13-25(17-20)35-19-27(33)34)30-31-28(21-9-3-1-4-10-21)29(36-30)22-11-5-2-6-12-22;/h1-13,15,17,23-24,32H,14,16,18-19H2,(H,33,34);/q;+1/p-1/t23-,24+;/m1./s1. The molecule has 1 heterocycles. The number of carboxylic acid groups (broad SMARTS) is 1. The number of aliphatic hydroxyl groups is 1. The molecule has 0 fully saturated rings. The summed E-state index contributed by atoms with van der Waals surface area (Å²) in [6, 6.07) is 27.2. The number of aliphatic carboxylic acids is 1. The van der Waals surface area contributed by atoms with E-state index in [9.17, 15) is 15.0 Å². The molecule has 7 heteroatoms. The minimum atomic E-state index is -1.27. The van der Waals surface area contributed by atoms with Crippen molar-refractivity contribution in [3.05, 3.63) is 102 Å². The van der Waals surface area contributed by atoms with Crippen molar-refractivity contribution in [3.63, 3.8) is 0 Å². The summed E-state index contributed by atoms with van der Waals surface area (Å²) in [4.78, 5) is 15.7.